The van der Waals surface area contributed by atoms with Gasteiger partial charge in [-0.15, -0.1) is 0 Å². The maximum Gasteiger partial charge on any atom is 0.0796 e. The summed E-state index contributed by atoms with van der Waals surface area (Å²) in [6, 6.07) is 0. The van der Waals surface area contributed by atoms with Crippen LogP contribution in [0.3, 0.4) is 0 Å². The Kier molecular flexibility index (Phi) is 8.71. The number of hydrogen-bond donors (Lipinski definition) is 1. The van der Waals surface area contributed by atoms with Crippen molar-refractivity contribution in [3.05, 3.63) is 14.6 Å². The molecule has 2 nitrogen and oxygen atoms in total. The Bertz CT molecular complexity index is 465. The highest BCUT2D eigenvalue weighted by molar-refractivity contribution is 7.74. The van der Waals surface area contributed by atoms with Crippen LogP contribution in [-0.2, 0) is 5.41 Å². The molecule has 116 valence electrons. The molecule has 1 rings (SSSR count). The maximum atomic E-state index is 5.34. The first kappa shape index (κ1) is 19.7. The summed E-state index contributed by atoms with van der Waals surface area (Å²) in [6.45, 7) is 15.9. The Labute approximate surface area is 135 Å². The molecule has 0 atom stereocenters. The minimum absolute atomic E-state index is 0.0853. The minimum atomic E-state index is 0.0853. The lowest BCUT2D eigenvalue weighted by molar-refractivity contribution is 0.351. The Morgan fingerprint density at radius 3 is 2.10 bits per heavy atom. The lowest BCUT2D eigenvalue weighted by atomic mass is 9.83. The molecule has 0 aliphatic rings. The van der Waals surface area contributed by atoms with Crippen LogP contribution in [0.1, 0.15) is 53.5 Å². The molecule has 1 aromatic carbocycles. The SMILES string of the molecule is CC.CCN(C)CCCNc1c(C(C)(C)C)c(=S)c1=S. The second kappa shape index (κ2) is 8.85. The predicted molar refractivity (Wildman–Crippen MR) is 96.8 cm³/mol. The quantitative estimate of drug-likeness (QED) is 0.580. The van der Waals surface area contributed by atoms with E-state index in [-0.39, 0.29) is 5.41 Å². The summed E-state index contributed by atoms with van der Waals surface area (Å²) in [5, 5.41) is 3.46. The van der Waals surface area contributed by atoms with Gasteiger partial charge >= 0.3 is 0 Å². The number of nitrogens with one attached hydrogen (secondary N) is 1. The van der Waals surface area contributed by atoms with Crippen molar-refractivity contribution in [3.8, 4) is 0 Å². The highest BCUT2D eigenvalue weighted by Gasteiger charge is 2.25. The molecule has 0 spiro atoms. The van der Waals surface area contributed by atoms with Gasteiger partial charge in [0.2, 0.25) is 0 Å². The number of rotatable bonds is 6. The summed E-state index contributed by atoms with van der Waals surface area (Å²) >= 11 is 10.7. The molecule has 0 aliphatic carbocycles. The lowest BCUT2D eigenvalue weighted by Gasteiger charge is -2.27. The topological polar surface area (TPSA) is 15.3 Å². The summed E-state index contributed by atoms with van der Waals surface area (Å²) in [5.74, 6) is 0. The van der Waals surface area contributed by atoms with Gasteiger partial charge in [0, 0.05) is 12.1 Å². The Morgan fingerprint density at radius 1 is 1.10 bits per heavy atom. The third kappa shape index (κ3) is 5.23. The predicted octanol–water partition coefficient (Wildman–Crippen LogP) is 5.10. The van der Waals surface area contributed by atoms with Gasteiger partial charge in [-0.05, 0) is 32.0 Å². The zero-order valence-electron chi connectivity index (χ0n) is 14.1. The highest BCUT2D eigenvalue weighted by Crippen LogP contribution is 2.36. The van der Waals surface area contributed by atoms with Gasteiger partial charge in [-0.25, -0.2) is 0 Å². The average Bonchev–Trinajstić information content (AvgIpc) is 2.41. The van der Waals surface area contributed by atoms with Crippen LogP contribution in [0.25, 0.3) is 0 Å². The van der Waals surface area contributed by atoms with Crippen LogP contribution in [0.15, 0.2) is 0 Å². The largest absolute Gasteiger partial charge is 0.384 e. The molecule has 0 aromatic heterocycles. The molecule has 0 radical (unpaired) electrons. The second-order valence-corrected chi connectivity index (χ2v) is 6.65. The standard InChI is InChI=1S/C14H24N2S2.C2H6/c1-6-16(5)9-7-8-15-11-10(14(2,3)4)12(17)13(11)18;1-2/h15H,6-9H2,1-5H3;1-2H3. The van der Waals surface area contributed by atoms with Crippen LogP contribution in [-0.4, -0.2) is 31.6 Å². The van der Waals surface area contributed by atoms with Crippen molar-refractivity contribution in [1.29, 1.82) is 0 Å². The molecular formula is C16H30N2S2. The van der Waals surface area contributed by atoms with Crippen molar-refractivity contribution < 1.29 is 0 Å². The van der Waals surface area contributed by atoms with Crippen LogP contribution in [0.5, 0.6) is 0 Å². The van der Waals surface area contributed by atoms with Crippen LogP contribution < -0.4 is 5.32 Å². The van der Waals surface area contributed by atoms with Gasteiger partial charge in [0.1, 0.15) is 0 Å². The van der Waals surface area contributed by atoms with Crippen LogP contribution in [0.4, 0.5) is 5.69 Å². The molecule has 0 heterocycles. The molecule has 0 fully saturated rings. The molecule has 0 saturated heterocycles. The summed E-state index contributed by atoms with van der Waals surface area (Å²) in [6.07, 6.45) is 1.13. The number of nitrogens with zero attached hydrogens (tertiary/aromatic N) is 1. The molecule has 20 heavy (non-hydrogen) atoms. The smallest absolute Gasteiger partial charge is 0.0796 e. The fourth-order valence-corrected chi connectivity index (χ4v) is 2.78. The van der Waals surface area contributed by atoms with Gasteiger partial charge in [0.25, 0.3) is 0 Å². The second-order valence-electron chi connectivity index (χ2n) is 5.83. The lowest BCUT2D eigenvalue weighted by Crippen LogP contribution is -2.23. The van der Waals surface area contributed by atoms with Crippen molar-refractivity contribution in [2.75, 3.05) is 32.0 Å². The van der Waals surface area contributed by atoms with E-state index in [9.17, 15) is 0 Å². The van der Waals surface area contributed by atoms with Crippen molar-refractivity contribution in [1.82, 2.24) is 4.90 Å². The van der Waals surface area contributed by atoms with E-state index in [2.05, 4.69) is 45.0 Å². The minimum Gasteiger partial charge on any atom is -0.384 e. The monoisotopic (exact) mass is 314 g/mol. The first-order valence-corrected chi connectivity index (χ1v) is 8.37. The van der Waals surface area contributed by atoms with E-state index < -0.39 is 0 Å². The fraction of sp³-hybridized carbons (Fsp3) is 0.750. The van der Waals surface area contributed by atoms with E-state index in [1.807, 2.05) is 13.8 Å². The van der Waals surface area contributed by atoms with E-state index in [0.717, 1.165) is 40.8 Å². The van der Waals surface area contributed by atoms with Crippen LogP contribution in [0.2, 0.25) is 0 Å². The Morgan fingerprint density at radius 2 is 1.65 bits per heavy atom. The Balaban J connectivity index is 0.00000172. The zero-order valence-corrected chi connectivity index (χ0v) is 15.7. The van der Waals surface area contributed by atoms with Crippen molar-refractivity contribution in [2.24, 2.45) is 0 Å². The molecule has 0 saturated carbocycles. The highest BCUT2D eigenvalue weighted by atomic mass is 32.1. The van der Waals surface area contributed by atoms with Gasteiger partial charge in [-0.3, -0.25) is 0 Å². The first-order valence-electron chi connectivity index (χ1n) is 7.55. The number of hydrogen-bond acceptors (Lipinski definition) is 4. The molecule has 1 N–H and O–H groups in total. The third-order valence-electron chi connectivity index (χ3n) is 3.22. The summed E-state index contributed by atoms with van der Waals surface area (Å²) < 4.78 is 1.73. The molecular weight excluding hydrogens is 284 g/mol. The molecule has 0 unspecified atom stereocenters. The molecule has 0 amide bonds. The van der Waals surface area contributed by atoms with E-state index in [0.29, 0.717) is 0 Å². The van der Waals surface area contributed by atoms with Crippen LogP contribution in [0, 0.1) is 9.02 Å². The first-order chi connectivity index (χ1) is 9.29. The van der Waals surface area contributed by atoms with Gasteiger partial charge in [-0.1, -0.05) is 66.0 Å². The molecule has 0 aliphatic heterocycles. The zero-order chi connectivity index (χ0) is 15.9. The van der Waals surface area contributed by atoms with Gasteiger partial charge < -0.3 is 10.2 Å². The molecule has 0 bridgehead atoms. The number of anilines is 1. The van der Waals surface area contributed by atoms with Gasteiger partial charge in [0.15, 0.2) is 0 Å². The van der Waals surface area contributed by atoms with Crippen molar-refractivity contribution >= 4 is 30.1 Å². The van der Waals surface area contributed by atoms with Gasteiger partial charge in [-0.2, -0.15) is 0 Å². The van der Waals surface area contributed by atoms with E-state index in [1.165, 1.54) is 5.56 Å². The van der Waals surface area contributed by atoms with E-state index in [4.69, 9.17) is 24.4 Å². The Hall–Kier alpha value is -0.320. The van der Waals surface area contributed by atoms with Gasteiger partial charge in [0.05, 0.1) is 14.7 Å². The fourth-order valence-electron chi connectivity index (χ4n) is 2.00. The normalized spacial score (nSPS) is 11.4. The summed E-state index contributed by atoms with van der Waals surface area (Å²) in [4.78, 5) is 2.31. The molecule has 1 aromatic rings. The van der Waals surface area contributed by atoms with E-state index in [1.54, 1.807) is 0 Å². The maximum absolute atomic E-state index is 5.34. The third-order valence-corrected chi connectivity index (χ3v) is 4.16. The van der Waals surface area contributed by atoms with E-state index >= 15 is 0 Å². The average molecular weight is 315 g/mol. The van der Waals surface area contributed by atoms with Crippen molar-refractivity contribution in [2.45, 2.75) is 53.4 Å². The summed E-state index contributed by atoms with van der Waals surface area (Å²) in [7, 11) is 2.14. The molecule has 4 heteroatoms. The summed E-state index contributed by atoms with van der Waals surface area (Å²) in [5.41, 5.74) is 2.43. The van der Waals surface area contributed by atoms with Crippen molar-refractivity contribution in [3.63, 3.8) is 0 Å². The van der Waals surface area contributed by atoms with Crippen LogP contribution >= 0.6 is 24.4 Å².